The Morgan fingerprint density at radius 3 is 2.55 bits per heavy atom. The molecule has 0 radical (unpaired) electrons. The number of hydrogen-bond acceptors (Lipinski definition) is 2. The quantitative estimate of drug-likeness (QED) is 0.552. The van der Waals surface area contributed by atoms with Crippen molar-refractivity contribution in [1.82, 2.24) is 5.32 Å². The van der Waals surface area contributed by atoms with E-state index in [1.165, 1.54) is 25.7 Å². The molecule has 0 bridgehead atoms. The highest BCUT2D eigenvalue weighted by molar-refractivity contribution is 4.57. The van der Waals surface area contributed by atoms with Crippen LogP contribution in [0.25, 0.3) is 0 Å². The van der Waals surface area contributed by atoms with Gasteiger partial charge in [-0.15, -0.1) is 0 Å². The van der Waals surface area contributed by atoms with Crippen molar-refractivity contribution in [3.05, 3.63) is 0 Å². The lowest BCUT2D eigenvalue weighted by Gasteiger charge is -2.09. The first-order valence-electron chi connectivity index (χ1n) is 4.65. The van der Waals surface area contributed by atoms with Crippen LogP contribution in [0.2, 0.25) is 0 Å². The number of nitrogens with one attached hydrogen (secondary N) is 1. The number of hydrogen-bond donors (Lipinski definition) is 2. The summed E-state index contributed by atoms with van der Waals surface area (Å²) in [6, 6.07) is 0.261. The van der Waals surface area contributed by atoms with Crippen molar-refractivity contribution < 1.29 is 5.11 Å². The van der Waals surface area contributed by atoms with Gasteiger partial charge in [-0.25, -0.2) is 0 Å². The molecule has 0 amide bonds. The predicted octanol–water partition coefficient (Wildman–Crippen LogP) is 1.54. The van der Waals surface area contributed by atoms with Gasteiger partial charge < -0.3 is 10.4 Å². The van der Waals surface area contributed by atoms with Crippen LogP contribution in [-0.2, 0) is 0 Å². The van der Waals surface area contributed by atoms with E-state index >= 15 is 0 Å². The van der Waals surface area contributed by atoms with Crippen LogP contribution < -0.4 is 5.32 Å². The summed E-state index contributed by atoms with van der Waals surface area (Å²) in [6.45, 7) is 5.50. The molecule has 0 unspecified atom stereocenters. The zero-order valence-corrected chi connectivity index (χ0v) is 7.77. The molecule has 0 fully saturated rings. The van der Waals surface area contributed by atoms with Crippen molar-refractivity contribution in [3.8, 4) is 0 Å². The lowest BCUT2D eigenvalue weighted by molar-refractivity contribution is 0.251. The summed E-state index contributed by atoms with van der Waals surface area (Å²) >= 11 is 0. The fraction of sp³-hybridized carbons (Fsp3) is 1.00. The SMILES string of the molecule is CCCCCCN[C@@H](C)CO. The Kier molecular flexibility index (Phi) is 7.96. The van der Waals surface area contributed by atoms with Gasteiger partial charge in [0.2, 0.25) is 0 Å². The molecule has 0 saturated heterocycles. The van der Waals surface area contributed by atoms with Crippen molar-refractivity contribution in [1.29, 1.82) is 0 Å². The third-order valence-corrected chi connectivity index (χ3v) is 1.80. The second-order valence-corrected chi connectivity index (χ2v) is 3.10. The normalized spacial score (nSPS) is 13.4. The fourth-order valence-corrected chi connectivity index (χ4v) is 0.965. The Morgan fingerprint density at radius 1 is 1.27 bits per heavy atom. The molecule has 68 valence electrons. The minimum atomic E-state index is 0.244. The van der Waals surface area contributed by atoms with Crippen LogP contribution in [0.3, 0.4) is 0 Å². The zero-order valence-electron chi connectivity index (χ0n) is 7.77. The molecule has 0 aromatic heterocycles. The zero-order chi connectivity index (χ0) is 8.53. The van der Waals surface area contributed by atoms with E-state index in [1.54, 1.807) is 0 Å². The maximum atomic E-state index is 8.67. The van der Waals surface area contributed by atoms with Crippen molar-refractivity contribution in [2.45, 2.75) is 45.6 Å². The molecule has 0 rings (SSSR count). The van der Waals surface area contributed by atoms with E-state index in [4.69, 9.17) is 5.11 Å². The Morgan fingerprint density at radius 2 is 2.00 bits per heavy atom. The van der Waals surface area contributed by atoms with Gasteiger partial charge in [-0.2, -0.15) is 0 Å². The van der Waals surface area contributed by atoms with Gasteiger partial charge in [-0.1, -0.05) is 26.2 Å². The summed E-state index contributed by atoms with van der Waals surface area (Å²) < 4.78 is 0. The first-order chi connectivity index (χ1) is 5.31. The summed E-state index contributed by atoms with van der Waals surface area (Å²) in [4.78, 5) is 0. The third kappa shape index (κ3) is 7.82. The fourth-order valence-electron chi connectivity index (χ4n) is 0.965. The molecule has 2 N–H and O–H groups in total. The van der Waals surface area contributed by atoms with Gasteiger partial charge in [0.1, 0.15) is 0 Å². The van der Waals surface area contributed by atoms with Crippen LogP contribution in [0, 0.1) is 0 Å². The average Bonchev–Trinajstić information content (AvgIpc) is 2.04. The van der Waals surface area contributed by atoms with Crippen molar-refractivity contribution >= 4 is 0 Å². The van der Waals surface area contributed by atoms with E-state index in [0.717, 1.165) is 6.54 Å². The average molecular weight is 159 g/mol. The Balaban J connectivity index is 2.89. The topological polar surface area (TPSA) is 32.3 Å². The lowest BCUT2D eigenvalue weighted by atomic mass is 10.2. The van der Waals surface area contributed by atoms with Gasteiger partial charge in [0.05, 0.1) is 6.61 Å². The van der Waals surface area contributed by atoms with Gasteiger partial charge in [0.15, 0.2) is 0 Å². The standard InChI is InChI=1S/C9H21NO/c1-3-4-5-6-7-10-9(2)8-11/h9-11H,3-8H2,1-2H3/t9-/m0/s1. The molecule has 0 aliphatic heterocycles. The Hall–Kier alpha value is -0.0800. The number of aliphatic hydroxyl groups excluding tert-OH is 1. The molecule has 0 spiro atoms. The van der Waals surface area contributed by atoms with E-state index in [0.29, 0.717) is 0 Å². The number of aliphatic hydroxyl groups is 1. The highest BCUT2D eigenvalue weighted by atomic mass is 16.3. The molecule has 1 atom stereocenters. The first kappa shape index (κ1) is 10.9. The van der Waals surface area contributed by atoms with Gasteiger partial charge in [-0.05, 0) is 19.9 Å². The van der Waals surface area contributed by atoms with E-state index in [2.05, 4.69) is 12.2 Å². The lowest BCUT2D eigenvalue weighted by Crippen LogP contribution is -2.29. The first-order valence-corrected chi connectivity index (χ1v) is 4.65. The minimum Gasteiger partial charge on any atom is -0.395 e. The molecule has 11 heavy (non-hydrogen) atoms. The van der Waals surface area contributed by atoms with Crippen LogP contribution in [0.4, 0.5) is 0 Å². The molecule has 0 aliphatic carbocycles. The van der Waals surface area contributed by atoms with E-state index in [1.807, 2.05) is 6.92 Å². The predicted molar refractivity (Wildman–Crippen MR) is 48.7 cm³/mol. The molecule has 2 heteroatoms. The van der Waals surface area contributed by atoms with E-state index < -0.39 is 0 Å². The molecule has 0 heterocycles. The van der Waals surface area contributed by atoms with Crippen LogP contribution in [0.5, 0.6) is 0 Å². The van der Waals surface area contributed by atoms with Gasteiger partial charge in [-0.3, -0.25) is 0 Å². The van der Waals surface area contributed by atoms with E-state index in [9.17, 15) is 0 Å². The molecule has 2 nitrogen and oxygen atoms in total. The molecule has 0 saturated carbocycles. The van der Waals surface area contributed by atoms with Gasteiger partial charge in [0.25, 0.3) is 0 Å². The van der Waals surface area contributed by atoms with Crippen LogP contribution in [0.15, 0.2) is 0 Å². The van der Waals surface area contributed by atoms with E-state index in [-0.39, 0.29) is 12.6 Å². The smallest absolute Gasteiger partial charge is 0.0581 e. The van der Waals surface area contributed by atoms with Crippen molar-refractivity contribution in [2.75, 3.05) is 13.2 Å². The Bertz CT molecular complexity index is 76.0. The number of rotatable bonds is 7. The monoisotopic (exact) mass is 159 g/mol. The maximum absolute atomic E-state index is 8.67. The van der Waals surface area contributed by atoms with Gasteiger partial charge in [0, 0.05) is 6.04 Å². The Labute approximate surface area is 70.0 Å². The molecule has 0 aromatic carbocycles. The molecule has 0 aromatic rings. The van der Waals surface area contributed by atoms with Crippen LogP contribution in [0.1, 0.15) is 39.5 Å². The van der Waals surface area contributed by atoms with Crippen molar-refractivity contribution in [2.24, 2.45) is 0 Å². The summed E-state index contributed by atoms with van der Waals surface area (Å²) in [6.07, 6.45) is 5.16. The second kappa shape index (κ2) is 8.02. The molecular weight excluding hydrogens is 138 g/mol. The van der Waals surface area contributed by atoms with Crippen LogP contribution >= 0.6 is 0 Å². The van der Waals surface area contributed by atoms with Crippen molar-refractivity contribution in [3.63, 3.8) is 0 Å². The van der Waals surface area contributed by atoms with Gasteiger partial charge >= 0.3 is 0 Å². The number of unbranched alkanes of at least 4 members (excludes halogenated alkanes) is 3. The largest absolute Gasteiger partial charge is 0.395 e. The summed E-state index contributed by atoms with van der Waals surface area (Å²) in [5.41, 5.74) is 0. The summed E-state index contributed by atoms with van der Waals surface area (Å²) in [5.74, 6) is 0. The highest BCUT2D eigenvalue weighted by Gasteiger charge is 1.95. The molecular formula is C9H21NO. The minimum absolute atomic E-state index is 0.244. The molecule has 0 aliphatic rings. The second-order valence-electron chi connectivity index (χ2n) is 3.10. The summed E-state index contributed by atoms with van der Waals surface area (Å²) in [5, 5.41) is 11.9. The third-order valence-electron chi connectivity index (χ3n) is 1.80. The van der Waals surface area contributed by atoms with Crippen LogP contribution in [-0.4, -0.2) is 24.3 Å². The highest BCUT2D eigenvalue weighted by Crippen LogP contribution is 1.97. The summed E-state index contributed by atoms with van der Waals surface area (Å²) in [7, 11) is 0. The maximum Gasteiger partial charge on any atom is 0.0581 e.